The summed E-state index contributed by atoms with van der Waals surface area (Å²) >= 11 is 0. The number of methoxy groups -OCH3 is 1. The van der Waals surface area contributed by atoms with Gasteiger partial charge in [0.05, 0.1) is 19.2 Å². The van der Waals surface area contributed by atoms with Gasteiger partial charge in [-0.3, -0.25) is 9.48 Å². The molecule has 0 unspecified atom stereocenters. The number of hydrogen-bond donors (Lipinski definition) is 2. The van der Waals surface area contributed by atoms with Crippen LogP contribution in [-0.2, 0) is 18.4 Å². The number of aromatic nitrogens is 2. The van der Waals surface area contributed by atoms with Gasteiger partial charge in [-0.2, -0.15) is 5.10 Å². The van der Waals surface area contributed by atoms with Crippen molar-refractivity contribution in [2.75, 3.05) is 20.2 Å². The Morgan fingerprint density at radius 3 is 3.09 bits per heavy atom. The first kappa shape index (κ1) is 15.6. The van der Waals surface area contributed by atoms with Gasteiger partial charge in [0, 0.05) is 38.8 Å². The van der Waals surface area contributed by atoms with Gasteiger partial charge >= 0.3 is 0 Å². The summed E-state index contributed by atoms with van der Waals surface area (Å²) in [5.74, 6) is 0.984. The normalized spacial score (nSPS) is 20.4. The van der Waals surface area contributed by atoms with E-state index in [0.717, 1.165) is 23.4 Å². The van der Waals surface area contributed by atoms with Crippen molar-refractivity contribution in [1.29, 1.82) is 0 Å². The molecule has 6 nitrogen and oxygen atoms in total. The van der Waals surface area contributed by atoms with Crippen molar-refractivity contribution in [3.05, 3.63) is 47.8 Å². The zero-order chi connectivity index (χ0) is 16.2. The summed E-state index contributed by atoms with van der Waals surface area (Å²) in [6.07, 6.45) is 3.83. The van der Waals surface area contributed by atoms with Crippen molar-refractivity contribution in [3.8, 4) is 5.75 Å². The Bertz CT molecular complexity index is 683. The molecule has 1 saturated heterocycles. The predicted molar refractivity (Wildman–Crippen MR) is 87.1 cm³/mol. The van der Waals surface area contributed by atoms with Crippen LogP contribution in [0, 0.1) is 5.92 Å². The number of nitrogens with one attached hydrogen (secondary N) is 2. The molecule has 1 aliphatic rings. The maximum Gasteiger partial charge on any atom is 0.225 e. The second-order valence-corrected chi connectivity index (χ2v) is 5.89. The quantitative estimate of drug-likeness (QED) is 0.865. The highest BCUT2D eigenvalue weighted by molar-refractivity contribution is 5.80. The van der Waals surface area contributed by atoms with Crippen molar-refractivity contribution in [1.82, 2.24) is 20.4 Å². The number of ether oxygens (including phenoxy) is 1. The van der Waals surface area contributed by atoms with Gasteiger partial charge in [0.15, 0.2) is 0 Å². The second-order valence-electron chi connectivity index (χ2n) is 5.89. The summed E-state index contributed by atoms with van der Waals surface area (Å²) in [7, 11) is 3.53. The number of aryl methyl sites for hydroxylation is 1. The second kappa shape index (κ2) is 6.83. The lowest BCUT2D eigenvalue weighted by Crippen LogP contribution is -2.33. The fraction of sp³-hybridized carbons (Fsp3) is 0.412. The number of amides is 1. The molecular weight excluding hydrogens is 292 g/mol. The molecule has 2 N–H and O–H groups in total. The van der Waals surface area contributed by atoms with Crippen molar-refractivity contribution < 1.29 is 9.53 Å². The molecule has 1 fully saturated rings. The molecule has 0 spiro atoms. The van der Waals surface area contributed by atoms with Gasteiger partial charge in [0.1, 0.15) is 5.75 Å². The SMILES string of the molecule is COc1cccc(CNC(=O)[C@H]2CNC[C@@H]2c2cnn(C)c2)c1. The lowest BCUT2D eigenvalue weighted by Gasteiger charge is -2.17. The van der Waals surface area contributed by atoms with E-state index in [1.807, 2.05) is 43.7 Å². The van der Waals surface area contributed by atoms with E-state index in [0.29, 0.717) is 13.1 Å². The van der Waals surface area contributed by atoms with Crippen molar-refractivity contribution in [3.63, 3.8) is 0 Å². The number of carbonyl (C=O) groups is 1. The third kappa shape index (κ3) is 3.53. The van der Waals surface area contributed by atoms with Crippen LogP contribution < -0.4 is 15.4 Å². The highest BCUT2D eigenvalue weighted by Gasteiger charge is 2.34. The smallest absolute Gasteiger partial charge is 0.225 e. The number of carbonyl (C=O) groups excluding carboxylic acids is 1. The van der Waals surface area contributed by atoms with Crippen LogP contribution in [0.15, 0.2) is 36.7 Å². The highest BCUT2D eigenvalue weighted by Crippen LogP contribution is 2.28. The summed E-state index contributed by atoms with van der Waals surface area (Å²) in [6, 6.07) is 7.74. The third-order valence-corrected chi connectivity index (χ3v) is 4.30. The molecule has 6 heteroatoms. The fourth-order valence-corrected chi connectivity index (χ4v) is 3.04. The molecule has 0 radical (unpaired) electrons. The van der Waals surface area contributed by atoms with Gasteiger partial charge < -0.3 is 15.4 Å². The molecule has 1 amide bonds. The standard InChI is InChI=1S/C17H22N4O2/c1-21-11-13(8-20-21)15-9-18-10-16(15)17(22)19-7-12-4-3-5-14(6-12)23-2/h3-6,8,11,15-16,18H,7,9-10H2,1-2H3,(H,19,22)/t15-,16+/m1/s1. The van der Waals surface area contributed by atoms with E-state index >= 15 is 0 Å². The fourth-order valence-electron chi connectivity index (χ4n) is 3.04. The molecule has 2 aromatic rings. The molecule has 0 saturated carbocycles. The van der Waals surface area contributed by atoms with Crippen LogP contribution in [0.25, 0.3) is 0 Å². The Kier molecular flexibility index (Phi) is 4.62. The summed E-state index contributed by atoms with van der Waals surface area (Å²) < 4.78 is 6.98. The van der Waals surface area contributed by atoms with Crippen molar-refractivity contribution >= 4 is 5.91 Å². The predicted octanol–water partition coefficient (Wildman–Crippen LogP) is 1.05. The molecule has 0 bridgehead atoms. The number of hydrogen-bond acceptors (Lipinski definition) is 4. The first-order valence-electron chi connectivity index (χ1n) is 7.77. The molecule has 2 heterocycles. The minimum Gasteiger partial charge on any atom is -0.497 e. The Morgan fingerprint density at radius 1 is 1.48 bits per heavy atom. The number of rotatable bonds is 5. The maximum atomic E-state index is 12.6. The average molecular weight is 314 g/mol. The van der Waals surface area contributed by atoms with E-state index in [1.165, 1.54) is 0 Å². The van der Waals surface area contributed by atoms with E-state index in [9.17, 15) is 4.79 Å². The molecule has 3 rings (SSSR count). The Balaban J connectivity index is 1.63. The number of benzene rings is 1. The van der Waals surface area contributed by atoms with Crippen molar-refractivity contribution in [2.24, 2.45) is 13.0 Å². The van der Waals surface area contributed by atoms with Crippen LogP contribution in [-0.4, -0.2) is 35.9 Å². The van der Waals surface area contributed by atoms with Gasteiger partial charge in [-0.05, 0) is 23.3 Å². The van der Waals surface area contributed by atoms with Crippen LogP contribution in [0.4, 0.5) is 0 Å². The van der Waals surface area contributed by atoms with Gasteiger partial charge in [-0.25, -0.2) is 0 Å². The summed E-state index contributed by atoms with van der Waals surface area (Å²) in [6.45, 7) is 2.01. The molecule has 1 aromatic carbocycles. The van der Waals surface area contributed by atoms with Crippen LogP contribution in [0.3, 0.4) is 0 Å². The molecule has 1 aliphatic heterocycles. The molecule has 2 atom stereocenters. The van der Waals surface area contributed by atoms with Gasteiger partial charge in [-0.1, -0.05) is 12.1 Å². The Labute approximate surface area is 135 Å². The van der Waals surface area contributed by atoms with E-state index in [4.69, 9.17) is 4.74 Å². The first-order chi connectivity index (χ1) is 11.2. The minimum absolute atomic E-state index is 0.0650. The Hall–Kier alpha value is -2.34. The first-order valence-corrected chi connectivity index (χ1v) is 7.77. The molecule has 1 aromatic heterocycles. The summed E-state index contributed by atoms with van der Waals surface area (Å²) in [4.78, 5) is 12.6. The van der Waals surface area contributed by atoms with Crippen LogP contribution in [0.1, 0.15) is 17.0 Å². The molecule has 122 valence electrons. The molecule has 23 heavy (non-hydrogen) atoms. The molecular formula is C17H22N4O2. The number of nitrogens with zero attached hydrogens (tertiary/aromatic N) is 2. The zero-order valence-corrected chi connectivity index (χ0v) is 13.5. The average Bonchev–Trinajstić information content (AvgIpc) is 3.21. The minimum atomic E-state index is -0.0650. The van der Waals surface area contributed by atoms with E-state index in [-0.39, 0.29) is 17.7 Å². The topological polar surface area (TPSA) is 68.2 Å². The van der Waals surface area contributed by atoms with Gasteiger partial charge in [0.2, 0.25) is 5.91 Å². The van der Waals surface area contributed by atoms with Gasteiger partial charge in [0.25, 0.3) is 0 Å². The van der Waals surface area contributed by atoms with Gasteiger partial charge in [-0.15, -0.1) is 0 Å². The highest BCUT2D eigenvalue weighted by atomic mass is 16.5. The third-order valence-electron chi connectivity index (χ3n) is 4.30. The monoisotopic (exact) mass is 314 g/mol. The van der Waals surface area contributed by atoms with E-state index in [2.05, 4.69) is 15.7 Å². The lowest BCUT2D eigenvalue weighted by atomic mass is 9.90. The lowest BCUT2D eigenvalue weighted by molar-refractivity contribution is -0.125. The van der Waals surface area contributed by atoms with E-state index < -0.39 is 0 Å². The van der Waals surface area contributed by atoms with Crippen molar-refractivity contribution in [2.45, 2.75) is 12.5 Å². The summed E-state index contributed by atoms with van der Waals surface area (Å²) in [5, 5.41) is 10.6. The van der Waals surface area contributed by atoms with Crippen LogP contribution >= 0.6 is 0 Å². The molecule has 0 aliphatic carbocycles. The van der Waals surface area contributed by atoms with E-state index in [1.54, 1.807) is 11.8 Å². The maximum absolute atomic E-state index is 12.6. The Morgan fingerprint density at radius 2 is 2.35 bits per heavy atom. The largest absolute Gasteiger partial charge is 0.497 e. The van der Waals surface area contributed by atoms with Crippen LogP contribution in [0.2, 0.25) is 0 Å². The van der Waals surface area contributed by atoms with Crippen LogP contribution in [0.5, 0.6) is 5.75 Å². The summed E-state index contributed by atoms with van der Waals surface area (Å²) in [5.41, 5.74) is 2.14. The zero-order valence-electron chi connectivity index (χ0n) is 13.5.